The Bertz CT molecular complexity index is 943. The Balaban J connectivity index is 1.61. The van der Waals surface area contributed by atoms with Gasteiger partial charge in [0.1, 0.15) is 0 Å². The Morgan fingerprint density at radius 3 is 2.19 bits per heavy atom. The van der Waals surface area contributed by atoms with E-state index in [2.05, 4.69) is 20.8 Å². The smallest absolute Gasteiger partial charge is 0.243 e. The monoisotopic (exact) mass is 373 g/mol. The highest BCUT2D eigenvalue weighted by atomic mass is 32.2. The molecule has 0 saturated carbocycles. The van der Waals surface area contributed by atoms with Crippen molar-refractivity contribution >= 4 is 10.0 Å². The molecular formula is C20H23NO4S. The van der Waals surface area contributed by atoms with Crippen molar-refractivity contribution < 1.29 is 17.9 Å². The van der Waals surface area contributed by atoms with Gasteiger partial charge in [0, 0.05) is 13.1 Å². The van der Waals surface area contributed by atoms with E-state index in [0.29, 0.717) is 30.2 Å². The maximum absolute atomic E-state index is 13.1. The number of ether oxygens (including phenoxy) is 2. The van der Waals surface area contributed by atoms with Crippen LogP contribution in [0, 0.1) is 0 Å². The van der Waals surface area contributed by atoms with Gasteiger partial charge in [0.05, 0.1) is 4.90 Å². The highest BCUT2D eigenvalue weighted by molar-refractivity contribution is 7.89. The van der Waals surface area contributed by atoms with E-state index in [-0.39, 0.29) is 12.2 Å². The lowest BCUT2D eigenvalue weighted by molar-refractivity contribution is 0.174. The Morgan fingerprint density at radius 1 is 0.962 bits per heavy atom. The molecule has 2 aliphatic heterocycles. The molecule has 138 valence electrons. The van der Waals surface area contributed by atoms with Gasteiger partial charge in [-0.3, -0.25) is 0 Å². The summed E-state index contributed by atoms with van der Waals surface area (Å²) in [5.74, 6) is 1.44. The van der Waals surface area contributed by atoms with Crippen LogP contribution in [0.3, 0.4) is 0 Å². The highest BCUT2D eigenvalue weighted by Gasteiger charge is 2.30. The Kier molecular flexibility index (Phi) is 4.00. The van der Waals surface area contributed by atoms with Gasteiger partial charge >= 0.3 is 0 Å². The first-order valence-electron chi connectivity index (χ1n) is 8.77. The molecule has 0 radical (unpaired) electrons. The molecule has 5 nitrogen and oxygen atoms in total. The van der Waals surface area contributed by atoms with E-state index in [0.717, 1.165) is 22.4 Å². The van der Waals surface area contributed by atoms with E-state index >= 15 is 0 Å². The third-order valence-electron chi connectivity index (χ3n) is 5.03. The lowest BCUT2D eigenvalue weighted by Gasteiger charge is -2.28. The van der Waals surface area contributed by atoms with Crippen molar-refractivity contribution in [2.75, 3.05) is 13.3 Å². The maximum atomic E-state index is 13.1. The molecule has 26 heavy (non-hydrogen) atoms. The highest BCUT2D eigenvalue weighted by Crippen LogP contribution is 2.37. The minimum atomic E-state index is -3.52. The zero-order valence-electron chi connectivity index (χ0n) is 15.3. The van der Waals surface area contributed by atoms with Gasteiger partial charge in [-0.1, -0.05) is 32.9 Å². The minimum Gasteiger partial charge on any atom is -0.454 e. The molecule has 2 aliphatic rings. The molecule has 0 aromatic heterocycles. The number of benzene rings is 2. The summed E-state index contributed by atoms with van der Waals surface area (Å²) in [6.07, 6.45) is 0.672. The van der Waals surface area contributed by atoms with Gasteiger partial charge in [-0.05, 0) is 52.8 Å². The van der Waals surface area contributed by atoms with E-state index in [1.54, 1.807) is 16.4 Å². The number of sulfonamides is 1. The second-order valence-electron chi connectivity index (χ2n) is 7.84. The van der Waals surface area contributed by atoms with E-state index in [9.17, 15) is 8.42 Å². The van der Waals surface area contributed by atoms with E-state index in [4.69, 9.17) is 9.47 Å². The summed E-state index contributed by atoms with van der Waals surface area (Å²) >= 11 is 0. The zero-order chi connectivity index (χ0) is 18.5. The van der Waals surface area contributed by atoms with Crippen molar-refractivity contribution in [3.8, 4) is 11.5 Å². The van der Waals surface area contributed by atoms with Crippen LogP contribution in [0.1, 0.15) is 37.5 Å². The topological polar surface area (TPSA) is 55.8 Å². The van der Waals surface area contributed by atoms with Crippen LogP contribution in [0.25, 0.3) is 0 Å². The second kappa shape index (κ2) is 5.99. The average molecular weight is 373 g/mol. The van der Waals surface area contributed by atoms with Crippen molar-refractivity contribution in [1.29, 1.82) is 0 Å². The van der Waals surface area contributed by atoms with Gasteiger partial charge in [0.25, 0.3) is 0 Å². The summed E-state index contributed by atoms with van der Waals surface area (Å²) in [5, 5.41) is 0. The van der Waals surface area contributed by atoms with Gasteiger partial charge < -0.3 is 9.47 Å². The molecule has 2 heterocycles. The molecular weight excluding hydrogens is 350 g/mol. The lowest BCUT2D eigenvalue weighted by Crippen LogP contribution is -2.36. The molecule has 0 unspecified atom stereocenters. The fourth-order valence-corrected chi connectivity index (χ4v) is 4.82. The Labute approximate surface area is 154 Å². The van der Waals surface area contributed by atoms with Crippen molar-refractivity contribution in [1.82, 2.24) is 4.31 Å². The van der Waals surface area contributed by atoms with Crippen LogP contribution in [-0.2, 0) is 28.4 Å². The number of hydrogen-bond donors (Lipinski definition) is 0. The zero-order valence-corrected chi connectivity index (χ0v) is 16.1. The van der Waals surface area contributed by atoms with Gasteiger partial charge in [0.2, 0.25) is 16.8 Å². The second-order valence-corrected chi connectivity index (χ2v) is 9.78. The third-order valence-corrected chi connectivity index (χ3v) is 6.89. The molecule has 0 N–H and O–H groups in total. The van der Waals surface area contributed by atoms with Crippen molar-refractivity contribution in [2.24, 2.45) is 0 Å². The molecule has 2 aromatic carbocycles. The quantitative estimate of drug-likeness (QED) is 0.809. The molecule has 0 spiro atoms. The van der Waals surface area contributed by atoms with Crippen LogP contribution in [-0.4, -0.2) is 26.1 Å². The number of fused-ring (bicyclic) bond motifs is 2. The van der Waals surface area contributed by atoms with Gasteiger partial charge in [-0.25, -0.2) is 8.42 Å². The summed E-state index contributed by atoms with van der Waals surface area (Å²) in [6, 6.07) is 11.1. The molecule has 0 fully saturated rings. The van der Waals surface area contributed by atoms with Crippen LogP contribution < -0.4 is 9.47 Å². The van der Waals surface area contributed by atoms with Crippen molar-refractivity contribution in [2.45, 2.75) is 44.0 Å². The van der Waals surface area contributed by atoms with Crippen molar-refractivity contribution in [3.05, 3.63) is 53.1 Å². The van der Waals surface area contributed by atoms with Gasteiger partial charge in [-0.2, -0.15) is 4.31 Å². The lowest BCUT2D eigenvalue weighted by atomic mass is 9.87. The SMILES string of the molecule is CC(C)(C)c1ccc(S(=O)(=O)N2CCc3cc4c(cc3C2)OCO4)cc1. The molecule has 0 amide bonds. The first-order valence-corrected chi connectivity index (χ1v) is 10.2. The summed E-state index contributed by atoms with van der Waals surface area (Å²) < 4.78 is 38.5. The molecule has 4 rings (SSSR count). The normalized spacial score (nSPS) is 17.2. The van der Waals surface area contributed by atoms with Crippen LogP contribution >= 0.6 is 0 Å². The molecule has 0 saturated heterocycles. The van der Waals surface area contributed by atoms with Crippen LogP contribution in [0.2, 0.25) is 0 Å². The minimum absolute atomic E-state index is 0.00515. The van der Waals surface area contributed by atoms with E-state index in [1.165, 1.54) is 0 Å². The maximum Gasteiger partial charge on any atom is 0.243 e. The van der Waals surface area contributed by atoms with Gasteiger partial charge in [-0.15, -0.1) is 0 Å². The van der Waals surface area contributed by atoms with Crippen LogP contribution in [0.4, 0.5) is 0 Å². The standard InChI is InChI=1S/C20H23NO4S/c1-20(2,3)16-4-6-17(7-5-16)26(22,23)21-9-8-14-10-18-19(25-13-24-18)11-15(14)12-21/h4-7,10-11H,8-9,12-13H2,1-3H3. The third kappa shape index (κ3) is 2.97. The van der Waals surface area contributed by atoms with E-state index in [1.807, 2.05) is 24.3 Å². The van der Waals surface area contributed by atoms with Crippen LogP contribution in [0.5, 0.6) is 11.5 Å². The van der Waals surface area contributed by atoms with Gasteiger partial charge in [0.15, 0.2) is 11.5 Å². The van der Waals surface area contributed by atoms with Crippen molar-refractivity contribution in [3.63, 3.8) is 0 Å². The molecule has 0 aliphatic carbocycles. The predicted octanol–water partition coefficient (Wildman–Crippen LogP) is 3.46. The fourth-order valence-electron chi connectivity index (χ4n) is 3.40. The summed E-state index contributed by atoms with van der Waals surface area (Å²) in [5.41, 5.74) is 3.22. The summed E-state index contributed by atoms with van der Waals surface area (Å²) in [7, 11) is -3.52. The molecule has 6 heteroatoms. The summed E-state index contributed by atoms with van der Waals surface area (Å²) in [4.78, 5) is 0.342. The molecule has 0 bridgehead atoms. The van der Waals surface area contributed by atoms with Crippen LogP contribution in [0.15, 0.2) is 41.3 Å². The Hall–Kier alpha value is -2.05. The largest absolute Gasteiger partial charge is 0.454 e. The number of rotatable bonds is 2. The number of nitrogens with zero attached hydrogens (tertiary/aromatic N) is 1. The molecule has 0 atom stereocenters. The predicted molar refractivity (Wildman–Crippen MR) is 99.0 cm³/mol. The van der Waals surface area contributed by atoms with E-state index < -0.39 is 10.0 Å². The first-order chi connectivity index (χ1) is 12.2. The first kappa shape index (κ1) is 17.4. The fraction of sp³-hybridized carbons (Fsp3) is 0.400. The summed E-state index contributed by atoms with van der Waals surface area (Å²) in [6.45, 7) is 7.39. The Morgan fingerprint density at radius 2 is 1.58 bits per heavy atom. The average Bonchev–Trinajstić information content (AvgIpc) is 3.05. The molecule has 2 aromatic rings. The number of hydrogen-bond acceptors (Lipinski definition) is 4.